The van der Waals surface area contributed by atoms with Crippen molar-refractivity contribution in [1.82, 2.24) is 9.62 Å². The summed E-state index contributed by atoms with van der Waals surface area (Å²) in [5, 5.41) is 0.277. The molecule has 2 aromatic rings. The fraction of sp³-hybridized carbons (Fsp3) is 0.222. The molecule has 1 heterocycles. The Morgan fingerprint density at radius 1 is 1.08 bits per heavy atom. The topological polar surface area (TPSA) is 83.6 Å². The maximum Gasteiger partial charge on any atom is 0.256 e. The van der Waals surface area contributed by atoms with Crippen LogP contribution in [0.1, 0.15) is 21.5 Å². The standard InChI is InChI=1S/C18H17ClN2O4S/c1-26(24,25)20-17(22)16-10-12-6-2-3-7-13(12)11-21(16)18(23)14-8-4-5-9-15(14)19/h2-9,16H,10-11H2,1H3,(H,20,22). The van der Waals surface area contributed by atoms with Crippen LogP contribution < -0.4 is 4.72 Å². The van der Waals surface area contributed by atoms with E-state index in [4.69, 9.17) is 11.6 Å². The molecule has 136 valence electrons. The highest BCUT2D eigenvalue weighted by molar-refractivity contribution is 7.89. The van der Waals surface area contributed by atoms with Gasteiger partial charge in [-0.15, -0.1) is 0 Å². The van der Waals surface area contributed by atoms with E-state index in [1.165, 1.54) is 4.90 Å². The minimum atomic E-state index is -3.74. The summed E-state index contributed by atoms with van der Waals surface area (Å²) in [6.07, 6.45) is 1.13. The first kappa shape index (κ1) is 18.4. The molecule has 8 heteroatoms. The minimum absolute atomic E-state index is 0.197. The number of fused-ring (bicyclic) bond motifs is 1. The molecule has 6 nitrogen and oxygen atoms in total. The first-order chi connectivity index (χ1) is 12.3. The molecule has 26 heavy (non-hydrogen) atoms. The number of hydrogen-bond acceptors (Lipinski definition) is 4. The van der Waals surface area contributed by atoms with Gasteiger partial charge in [0.05, 0.1) is 16.8 Å². The Kier molecular flexibility index (Phi) is 5.02. The number of carbonyl (C=O) groups is 2. The van der Waals surface area contributed by atoms with Crippen LogP contribution >= 0.6 is 11.6 Å². The first-order valence-electron chi connectivity index (χ1n) is 7.90. The molecule has 1 N–H and O–H groups in total. The molecule has 0 aromatic heterocycles. The zero-order chi connectivity index (χ0) is 18.9. The summed E-state index contributed by atoms with van der Waals surface area (Å²) in [5.74, 6) is -1.15. The molecule has 0 radical (unpaired) electrons. The average molecular weight is 393 g/mol. The number of sulfonamides is 1. The Balaban J connectivity index is 2.00. The number of amides is 2. The van der Waals surface area contributed by atoms with Gasteiger partial charge in [-0.05, 0) is 23.3 Å². The van der Waals surface area contributed by atoms with Gasteiger partial charge in [0.2, 0.25) is 10.0 Å². The third-order valence-electron chi connectivity index (χ3n) is 4.20. The second kappa shape index (κ2) is 7.09. The highest BCUT2D eigenvalue weighted by atomic mass is 35.5. The van der Waals surface area contributed by atoms with Crippen LogP contribution in [0.25, 0.3) is 0 Å². The molecular formula is C18H17ClN2O4S. The van der Waals surface area contributed by atoms with Crippen molar-refractivity contribution in [3.8, 4) is 0 Å². The molecule has 0 fully saturated rings. The molecule has 3 rings (SSSR count). The van der Waals surface area contributed by atoms with Crippen molar-refractivity contribution in [2.24, 2.45) is 0 Å². The van der Waals surface area contributed by atoms with Crippen LogP contribution in [0.3, 0.4) is 0 Å². The van der Waals surface area contributed by atoms with Gasteiger partial charge >= 0.3 is 0 Å². The molecule has 0 saturated carbocycles. The Bertz CT molecular complexity index is 975. The summed E-state index contributed by atoms with van der Waals surface area (Å²) >= 11 is 6.13. The molecule has 0 aliphatic carbocycles. The van der Waals surface area contributed by atoms with Gasteiger partial charge in [-0.3, -0.25) is 14.3 Å². The number of nitrogens with zero attached hydrogens (tertiary/aromatic N) is 1. The normalized spacial score (nSPS) is 16.7. The van der Waals surface area contributed by atoms with E-state index in [1.54, 1.807) is 24.3 Å². The van der Waals surface area contributed by atoms with Crippen molar-refractivity contribution < 1.29 is 18.0 Å². The molecular weight excluding hydrogens is 376 g/mol. The number of rotatable bonds is 3. The fourth-order valence-corrected chi connectivity index (χ4v) is 3.73. The van der Waals surface area contributed by atoms with Gasteiger partial charge < -0.3 is 4.90 Å². The molecule has 1 unspecified atom stereocenters. The van der Waals surface area contributed by atoms with E-state index >= 15 is 0 Å². The van der Waals surface area contributed by atoms with Crippen LogP contribution in [0.5, 0.6) is 0 Å². The second-order valence-corrected chi connectivity index (χ2v) is 8.30. The largest absolute Gasteiger partial charge is 0.322 e. The zero-order valence-corrected chi connectivity index (χ0v) is 15.5. The summed E-state index contributed by atoms with van der Waals surface area (Å²) in [5.41, 5.74) is 2.09. The van der Waals surface area contributed by atoms with Crippen molar-refractivity contribution in [1.29, 1.82) is 0 Å². The number of benzene rings is 2. The Labute approximate surface area is 156 Å². The predicted octanol–water partition coefficient (Wildman–Crippen LogP) is 1.98. The lowest BCUT2D eigenvalue weighted by atomic mass is 9.93. The van der Waals surface area contributed by atoms with Crippen LogP contribution in [-0.4, -0.2) is 37.4 Å². The van der Waals surface area contributed by atoms with Gasteiger partial charge in [-0.25, -0.2) is 8.42 Å². The SMILES string of the molecule is CS(=O)(=O)NC(=O)C1Cc2ccccc2CN1C(=O)c1ccccc1Cl. The van der Waals surface area contributed by atoms with Crippen molar-refractivity contribution in [2.45, 2.75) is 19.0 Å². The number of nitrogens with one attached hydrogen (secondary N) is 1. The summed E-state index contributed by atoms with van der Waals surface area (Å²) in [7, 11) is -3.74. The third-order valence-corrected chi connectivity index (χ3v) is 5.10. The Hall–Kier alpha value is -2.38. The molecule has 1 aliphatic heterocycles. The Morgan fingerprint density at radius 2 is 1.69 bits per heavy atom. The number of hydrogen-bond donors (Lipinski definition) is 1. The molecule has 0 bridgehead atoms. The van der Waals surface area contributed by atoms with Crippen molar-refractivity contribution in [2.75, 3.05) is 6.26 Å². The quantitative estimate of drug-likeness (QED) is 0.865. The van der Waals surface area contributed by atoms with Crippen molar-refractivity contribution in [3.05, 3.63) is 70.2 Å². The van der Waals surface area contributed by atoms with E-state index in [0.717, 1.165) is 17.4 Å². The zero-order valence-electron chi connectivity index (χ0n) is 14.0. The predicted molar refractivity (Wildman–Crippen MR) is 98.2 cm³/mol. The lowest BCUT2D eigenvalue weighted by Crippen LogP contribution is -2.53. The molecule has 2 amide bonds. The van der Waals surface area contributed by atoms with Gasteiger partial charge in [-0.2, -0.15) is 0 Å². The summed E-state index contributed by atoms with van der Waals surface area (Å²) in [6.45, 7) is 0.197. The molecule has 2 aromatic carbocycles. The maximum atomic E-state index is 13.0. The van der Waals surface area contributed by atoms with E-state index in [9.17, 15) is 18.0 Å². The van der Waals surface area contributed by atoms with Crippen LogP contribution in [0, 0.1) is 0 Å². The number of carbonyl (C=O) groups excluding carboxylic acids is 2. The minimum Gasteiger partial charge on any atom is -0.322 e. The molecule has 1 atom stereocenters. The molecule has 1 aliphatic rings. The van der Waals surface area contributed by atoms with Gasteiger partial charge in [0.15, 0.2) is 0 Å². The smallest absolute Gasteiger partial charge is 0.256 e. The van der Waals surface area contributed by atoms with Crippen molar-refractivity contribution >= 4 is 33.4 Å². The van der Waals surface area contributed by atoms with Gasteiger partial charge in [-0.1, -0.05) is 48.0 Å². The highest BCUT2D eigenvalue weighted by Gasteiger charge is 2.36. The molecule has 0 spiro atoms. The summed E-state index contributed by atoms with van der Waals surface area (Å²) < 4.78 is 24.9. The maximum absolute atomic E-state index is 13.0. The van der Waals surface area contributed by atoms with E-state index < -0.39 is 27.9 Å². The number of halogens is 1. The van der Waals surface area contributed by atoms with Crippen LogP contribution in [0.2, 0.25) is 5.02 Å². The first-order valence-corrected chi connectivity index (χ1v) is 10.2. The monoisotopic (exact) mass is 392 g/mol. The van der Waals surface area contributed by atoms with Crippen LogP contribution in [0.4, 0.5) is 0 Å². The third kappa shape index (κ3) is 3.89. The molecule has 0 saturated heterocycles. The van der Waals surface area contributed by atoms with Gasteiger partial charge in [0.1, 0.15) is 6.04 Å². The highest BCUT2D eigenvalue weighted by Crippen LogP contribution is 2.27. The lowest BCUT2D eigenvalue weighted by Gasteiger charge is -2.36. The van der Waals surface area contributed by atoms with E-state index in [2.05, 4.69) is 0 Å². The van der Waals surface area contributed by atoms with Crippen molar-refractivity contribution in [3.63, 3.8) is 0 Å². The summed E-state index contributed by atoms with van der Waals surface area (Å²) in [4.78, 5) is 26.9. The van der Waals surface area contributed by atoms with Gasteiger partial charge in [0, 0.05) is 13.0 Å². The average Bonchev–Trinajstić information content (AvgIpc) is 2.59. The van der Waals surface area contributed by atoms with E-state index in [1.807, 2.05) is 29.0 Å². The van der Waals surface area contributed by atoms with Crippen LogP contribution in [0.15, 0.2) is 48.5 Å². The van der Waals surface area contributed by atoms with Crippen LogP contribution in [-0.2, 0) is 27.8 Å². The van der Waals surface area contributed by atoms with E-state index in [-0.39, 0.29) is 23.6 Å². The second-order valence-electron chi connectivity index (χ2n) is 6.14. The van der Waals surface area contributed by atoms with E-state index in [0.29, 0.717) is 0 Å². The Morgan fingerprint density at radius 3 is 2.35 bits per heavy atom. The summed E-state index contributed by atoms with van der Waals surface area (Å²) in [6, 6.07) is 13.1. The van der Waals surface area contributed by atoms with Gasteiger partial charge in [0.25, 0.3) is 11.8 Å². The fourth-order valence-electron chi connectivity index (χ4n) is 3.01. The lowest BCUT2D eigenvalue weighted by molar-refractivity contribution is -0.124.